The van der Waals surface area contributed by atoms with Crippen LogP contribution in [0, 0.1) is 0 Å². The molecule has 0 saturated carbocycles. The largest absolute Gasteiger partial charge is 0.497 e. The summed E-state index contributed by atoms with van der Waals surface area (Å²) in [6, 6.07) is 9.09. The molecule has 1 saturated heterocycles. The van der Waals surface area contributed by atoms with Crippen LogP contribution in [0.25, 0.3) is 0 Å². The molecule has 1 fully saturated rings. The molecule has 0 unspecified atom stereocenters. The molecule has 2 heterocycles. The lowest BCUT2D eigenvalue weighted by Crippen LogP contribution is -2.52. The van der Waals surface area contributed by atoms with Crippen molar-refractivity contribution in [1.29, 1.82) is 0 Å². The third-order valence-electron chi connectivity index (χ3n) is 4.21. The van der Waals surface area contributed by atoms with Gasteiger partial charge in [-0.25, -0.2) is 9.97 Å². The highest BCUT2D eigenvalue weighted by molar-refractivity contribution is 6.35. The number of hydrogen-bond acceptors (Lipinski definition) is 6. The summed E-state index contributed by atoms with van der Waals surface area (Å²) in [6.45, 7) is 2.43. The fourth-order valence-corrected chi connectivity index (χ4v) is 2.71. The first-order valence-electron chi connectivity index (χ1n) is 8.39. The van der Waals surface area contributed by atoms with E-state index in [2.05, 4.69) is 15.3 Å². The summed E-state index contributed by atoms with van der Waals surface area (Å²) < 4.78 is 5.09. The van der Waals surface area contributed by atoms with Crippen LogP contribution in [0.3, 0.4) is 0 Å². The van der Waals surface area contributed by atoms with Gasteiger partial charge in [0, 0.05) is 45.1 Å². The van der Waals surface area contributed by atoms with E-state index in [0.29, 0.717) is 38.7 Å². The lowest BCUT2D eigenvalue weighted by atomic mass is 10.2. The molecule has 0 bridgehead atoms. The molecule has 136 valence electrons. The maximum Gasteiger partial charge on any atom is 0.312 e. The predicted octanol–water partition coefficient (Wildman–Crippen LogP) is 0.450. The summed E-state index contributed by atoms with van der Waals surface area (Å²) in [4.78, 5) is 36.4. The van der Waals surface area contributed by atoms with E-state index in [4.69, 9.17) is 4.74 Å². The van der Waals surface area contributed by atoms with Gasteiger partial charge in [0.05, 0.1) is 7.11 Å². The topological polar surface area (TPSA) is 87.7 Å². The van der Waals surface area contributed by atoms with Crippen LogP contribution in [-0.4, -0.2) is 60.0 Å². The summed E-state index contributed by atoms with van der Waals surface area (Å²) >= 11 is 0. The van der Waals surface area contributed by atoms with Crippen LogP contribution in [0.2, 0.25) is 0 Å². The monoisotopic (exact) mass is 355 g/mol. The molecule has 0 aliphatic carbocycles. The first-order chi connectivity index (χ1) is 12.7. The summed E-state index contributed by atoms with van der Waals surface area (Å²) in [7, 11) is 1.60. The standard InChI is InChI=1S/C18H21N5O3/c1-26-15-5-3-14(4-6-15)13-21-16(24)17(25)22-9-11-23(12-10-22)18-19-7-2-8-20-18/h2-8H,9-13H2,1H3,(H,21,24). The van der Waals surface area contributed by atoms with Crippen molar-refractivity contribution in [1.82, 2.24) is 20.2 Å². The smallest absolute Gasteiger partial charge is 0.312 e. The van der Waals surface area contributed by atoms with Crippen molar-refractivity contribution >= 4 is 17.8 Å². The van der Waals surface area contributed by atoms with Crippen LogP contribution in [0.15, 0.2) is 42.7 Å². The van der Waals surface area contributed by atoms with E-state index in [1.165, 1.54) is 0 Å². The number of nitrogens with zero attached hydrogens (tertiary/aromatic N) is 4. The van der Waals surface area contributed by atoms with Crippen molar-refractivity contribution in [3.63, 3.8) is 0 Å². The van der Waals surface area contributed by atoms with Crippen molar-refractivity contribution in [3.8, 4) is 5.75 Å². The highest BCUT2D eigenvalue weighted by Crippen LogP contribution is 2.12. The SMILES string of the molecule is COc1ccc(CNC(=O)C(=O)N2CCN(c3ncccn3)CC2)cc1. The molecular formula is C18H21N5O3. The van der Waals surface area contributed by atoms with Crippen LogP contribution < -0.4 is 15.0 Å². The number of hydrogen-bond donors (Lipinski definition) is 1. The molecule has 3 rings (SSSR count). The van der Waals surface area contributed by atoms with Gasteiger partial charge >= 0.3 is 11.8 Å². The Labute approximate surface area is 151 Å². The Morgan fingerprint density at radius 1 is 1.08 bits per heavy atom. The molecule has 1 aromatic heterocycles. The number of aromatic nitrogens is 2. The first kappa shape index (κ1) is 17.7. The molecule has 1 N–H and O–H groups in total. The lowest BCUT2D eigenvalue weighted by molar-refractivity contribution is -0.146. The highest BCUT2D eigenvalue weighted by Gasteiger charge is 2.26. The fourth-order valence-electron chi connectivity index (χ4n) is 2.71. The first-order valence-corrected chi connectivity index (χ1v) is 8.39. The number of nitrogens with one attached hydrogen (secondary N) is 1. The van der Waals surface area contributed by atoms with E-state index in [0.717, 1.165) is 11.3 Å². The Balaban J connectivity index is 1.47. The summed E-state index contributed by atoms with van der Waals surface area (Å²) in [6.07, 6.45) is 3.37. The third kappa shape index (κ3) is 4.27. The molecule has 8 heteroatoms. The fraction of sp³-hybridized carbons (Fsp3) is 0.333. The van der Waals surface area contributed by atoms with Gasteiger partial charge in [-0.1, -0.05) is 12.1 Å². The van der Waals surface area contributed by atoms with Gasteiger partial charge in [-0.05, 0) is 23.8 Å². The summed E-state index contributed by atoms with van der Waals surface area (Å²) in [5.41, 5.74) is 0.901. The number of anilines is 1. The lowest BCUT2D eigenvalue weighted by Gasteiger charge is -2.34. The molecule has 0 radical (unpaired) electrons. The Hall–Kier alpha value is -3.16. The number of piperazine rings is 1. The van der Waals surface area contributed by atoms with Crippen LogP contribution in [0.1, 0.15) is 5.56 Å². The van der Waals surface area contributed by atoms with E-state index in [-0.39, 0.29) is 0 Å². The van der Waals surface area contributed by atoms with Crippen LogP contribution >= 0.6 is 0 Å². The van der Waals surface area contributed by atoms with E-state index < -0.39 is 11.8 Å². The number of methoxy groups -OCH3 is 1. The average Bonchev–Trinajstić information content (AvgIpc) is 2.72. The number of rotatable bonds is 4. The van der Waals surface area contributed by atoms with Crippen molar-refractivity contribution in [2.45, 2.75) is 6.54 Å². The molecular weight excluding hydrogens is 334 g/mol. The van der Waals surface area contributed by atoms with Gasteiger partial charge in [0.1, 0.15) is 5.75 Å². The van der Waals surface area contributed by atoms with Crippen LogP contribution in [-0.2, 0) is 16.1 Å². The number of benzene rings is 1. The van der Waals surface area contributed by atoms with Gasteiger partial charge in [-0.3, -0.25) is 9.59 Å². The molecule has 1 aliphatic rings. The van der Waals surface area contributed by atoms with E-state index in [1.54, 1.807) is 30.5 Å². The normalized spacial score (nSPS) is 14.0. The molecule has 26 heavy (non-hydrogen) atoms. The van der Waals surface area contributed by atoms with Gasteiger partial charge in [0.2, 0.25) is 5.95 Å². The van der Waals surface area contributed by atoms with Gasteiger partial charge in [0.15, 0.2) is 0 Å². The maximum atomic E-state index is 12.3. The molecule has 0 atom stereocenters. The Morgan fingerprint density at radius 2 is 1.73 bits per heavy atom. The predicted molar refractivity (Wildman–Crippen MR) is 95.7 cm³/mol. The van der Waals surface area contributed by atoms with E-state index >= 15 is 0 Å². The Morgan fingerprint density at radius 3 is 2.35 bits per heavy atom. The molecule has 8 nitrogen and oxygen atoms in total. The van der Waals surface area contributed by atoms with Gasteiger partial charge in [-0.2, -0.15) is 0 Å². The second-order valence-electron chi connectivity index (χ2n) is 5.86. The second-order valence-corrected chi connectivity index (χ2v) is 5.86. The van der Waals surface area contributed by atoms with Crippen molar-refractivity contribution in [2.24, 2.45) is 0 Å². The quantitative estimate of drug-likeness (QED) is 0.802. The van der Waals surface area contributed by atoms with Crippen LogP contribution in [0.4, 0.5) is 5.95 Å². The Bertz CT molecular complexity index is 743. The van der Waals surface area contributed by atoms with Gasteiger partial charge < -0.3 is 19.9 Å². The number of amides is 2. The minimum atomic E-state index is -0.592. The Kier molecular flexibility index (Phi) is 5.62. The number of ether oxygens (including phenoxy) is 1. The van der Waals surface area contributed by atoms with E-state index in [9.17, 15) is 9.59 Å². The van der Waals surface area contributed by atoms with Crippen molar-refractivity contribution < 1.29 is 14.3 Å². The molecule has 1 aliphatic heterocycles. The zero-order chi connectivity index (χ0) is 18.4. The molecule has 2 aromatic rings. The minimum Gasteiger partial charge on any atom is -0.497 e. The van der Waals surface area contributed by atoms with Gasteiger partial charge in [0.25, 0.3) is 0 Å². The molecule has 1 aromatic carbocycles. The molecule has 2 amide bonds. The maximum absolute atomic E-state index is 12.3. The van der Waals surface area contributed by atoms with Crippen molar-refractivity contribution in [2.75, 3.05) is 38.2 Å². The summed E-state index contributed by atoms with van der Waals surface area (Å²) in [5, 5.41) is 2.67. The number of carbonyl (C=O) groups is 2. The van der Waals surface area contributed by atoms with Gasteiger partial charge in [-0.15, -0.1) is 0 Å². The molecule has 0 spiro atoms. The third-order valence-corrected chi connectivity index (χ3v) is 4.21. The summed E-state index contributed by atoms with van der Waals surface area (Å²) in [5.74, 6) is 0.289. The highest BCUT2D eigenvalue weighted by atomic mass is 16.5. The zero-order valence-electron chi connectivity index (χ0n) is 14.6. The minimum absolute atomic E-state index is 0.298. The zero-order valence-corrected chi connectivity index (χ0v) is 14.6. The van der Waals surface area contributed by atoms with E-state index in [1.807, 2.05) is 29.2 Å². The van der Waals surface area contributed by atoms with Crippen molar-refractivity contribution in [3.05, 3.63) is 48.3 Å². The van der Waals surface area contributed by atoms with Crippen LogP contribution in [0.5, 0.6) is 5.75 Å². The second kappa shape index (κ2) is 8.28. The average molecular weight is 355 g/mol. The number of carbonyl (C=O) groups excluding carboxylic acids is 2.